The quantitative estimate of drug-likeness (QED) is 0.0992. The molecule has 0 radical (unpaired) electrons. The van der Waals surface area contributed by atoms with Crippen LogP contribution < -0.4 is 5.32 Å². The molecule has 3 aromatic rings. The number of hydrogen-bond acceptors (Lipinski definition) is 8. The predicted molar refractivity (Wildman–Crippen MR) is 162 cm³/mol. The minimum atomic E-state index is -0.760. The lowest BCUT2D eigenvalue weighted by atomic mass is 9.95. The maximum Gasteiger partial charge on any atom is 0.328 e. The lowest BCUT2D eigenvalue weighted by Crippen LogP contribution is -2.45. The fourth-order valence-electron chi connectivity index (χ4n) is 4.34. The van der Waals surface area contributed by atoms with Crippen molar-refractivity contribution in [2.75, 3.05) is 18.1 Å². The molecule has 0 bridgehead atoms. The van der Waals surface area contributed by atoms with Gasteiger partial charge in [-0.2, -0.15) is 11.8 Å². The molecule has 2 atom stereocenters. The number of benzene rings is 3. The van der Waals surface area contributed by atoms with Gasteiger partial charge in [0.2, 0.25) is 5.91 Å². The molecule has 1 amide bonds. The van der Waals surface area contributed by atoms with Crippen LogP contribution in [-0.2, 0) is 36.9 Å². The SMILES string of the molecule is CCCC[C@H](NC(=O)[C@@H](CSC/C(COC(C)=O)=N/O)Cc1cccc2ccccc12)C(=O)OCc1ccccc1. The summed E-state index contributed by atoms with van der Waals surface area (Å²) in [6, 6.07) is 22.7. The molecule has 0 saturated heterocycles. The van der Waals surface area contributed by atoms with E-state index in [0.717, 1.165) is 34.7 Å². The Bertz CT molecular complexity index is 1310. The zero-order valence-electron chi connectivity index (χ0n) is 23.6. The Kier molecular flexibility index (Phi) is 13.2. The molecule has 0 saturated carbocycles. The lowest BCUT2D eigenvalue weighted by molar-refractivity contribution is -0.149. The summed E-state index contributed by atoms with van der Waals surface area (Å²) >= 11 is 1.40. The van der Waals surface area contributed by atoms with Crippen LogP contribution in [0.1, 0.15) is 44.2 Å². The van der Waals surface area contributed by atoms with E-state index in [2.05, 4.69) is 10.5 Å². The third kappa shape index (κ3) is 10.6. The van der Waals surface area contributed by atoms with E-state index in [9.17, 15) is 19.6 Å². The number of carbonyl (C=O) groups is 3. The van der Waals surface area contributed by atoms with E-state index in [1.807, 2.05) is 79.7 Å². The van der Waals surface area contributed by atoms with Gasteiger partial charge in [-0.25, -0.2) is 4.79 Å². The summed E-state index contributed by atoms with van der Waals surface area (Å²) in [5.74, 6) is -0.976. The Morgan fingerprint density at radius 1 is 0.976 bits per heavy atom. The molecular weight excluding hydrogens is 540 g/mol. The Morgan fingerprint density at radius 3 is 2.44 bits per heavy atom. The van der Waals surface area contributed by atoms with E-state index in [1.165, 1.54) is 18.7 Å². The summed E-state index contributed by atoms with van der Waals surface area (Å²) in [4.78, 5) is 37.9. The normalized spacial score (nSPS) is 12.9. The molecule has 0 aliphatic rings. The maximum absolute atomic E-state index is 13.7. The molecule has 8 nitrogen and oxygen atoms in total. The van der Waals surface area contributed by atoms with Gasteiger partial charge in [-0.05, 0) is 34.7 Å². The number of nitrogens with one attached hydrogen (secondary N) is 1. The summed E-state index contributed by atoms with van der Waals surface area (Å²) in [5, 5.41) is 17.7. The van der Waals surface area contributed by atoms with Gasteiger partial charge in [0.1, 0.15) is 25.0 Å². The molecule has 0 aliphatic carbocycles. The van der Waals surface area contributed by atoms with Gasteiger partial charge in [-0.1, -0.05) is 97.7 Å². The summed E-state index contributed by atoms with van der Waals surface area (Å²) in [5.41, 5.74) is 2.19. The third-order valence-electron chi connectivity index (χ3n) is 6.56. The van der Waals surface area contributed by atoms with Gasteiger partial charge in [0.25, 0.3) is 0 Å². The first-order valence-electron chi connectivity index (χ1n) is 13.8. The van der Waals surface area contributed by atoms with Crippen LogP contribution in [0.15, 0.2) is 78.0 Å². The second kappa shape index (κ2) is 17.1. The summed E-state index contributed by atoms with van der Waals surface area (Å²) in [6.45, 7) is 3.33. The minimum absolute atomic E-state index is 0.120. The third-order valence-corrected chi connectivity index (χ3v) is 7.73. The van der Waals surface area contributed by atoms with E-state index in [4.69, 9.17) is 9.47 Å². The van der Waals surface area contributed by atoms with Crippen molar-refractivity contribution in [3.8, 4) is 0 Å². The monoisotopic (exact) mass is 578 g/mol. The van der Waals surface area contributed by atoms with Gasteiger partial charge in [0.05, 0.1) is 5.92 Å². The average molecular weight is 579 g/mol. The van der Waals surface area contributed by atoms with Crippen LogP contribution >= 0.6 is 11.8 Å². The first-order valence-corrected chi connectivity index (χ1v) is 14.9. The lowest BCUT2D eigenvalue weighted by Gasteiger charge is -2.22. The van der Waals surface area contributed by atoms with Crippen molar-refractivity contribution in [3.05, 3.63) is 83.9 Å². The van der Waals surface area contributed by atoms with Crippen molar-refractivity contribution < 1.29 is 29.1 Å². The van der Waals surface area contributed by atoms with Crippen LogP contribution in [0.4, 0.5) is 0 Å². The Balaban J connectivity index is 1.75. The Hall–Kier alpha value is -3.85. The first-order chi connectivity index (χ1) is 19.9. The van der Waals surface area contributed by atoms with Crippen molar-refractivity contribution >= 4 is 46.1 Å². The van der Waals surface area contributed by atoms with Crippen LogP contribution in [0, 0.1) is 5.92 Å². The van der Waals surface area contributed by atoms with Crippen molar-refractivity contribution in [3.63, 3.8) is 0 Å². The van der Waals surface area contributed by atoms with Crippen LogP contribution in [0.25, 0.3) is 10.8 Å². The molecular formula is C32H38N2O6S. The number of rotatable bonds is 16. The summed E-state index contributed by atoms with van der Waals surface area (Å²) < 4.78 is 10.5. The molecule has 3 aromatic carbocycles. The zero-order chi connectivity index (χ0) is 29.5. The number of amides is 1. The molecule has 0 spiro atoms. The second-order valence-corrected chi connectivity index (χ2v) is 10.8. The fraction of sp³-hybridized carbons (Fsp3) is 0.375. The number of thioether (sulfide) groups is 1. The van der Waals surface area contributed by atoms with Gasteiger partial charge >= 0.3 is 11.9 Å². The van der Waals surface area contributed by atoms with Crippen LogP contribution in [0.5, 0.6) is 0 Å². The van der Waals surface area contributed by atoms with Gasteiger partial charge in [-0.3, -0.25) is 9.59 Å². The second-order valence-electron chi connectivity index (χ2n) is 9.80. The van der Waals surface area contributed by atoms with Gasteiger partial charge in [0.15, 0.2) is 0 Å². The standard InChI is InChI=1S/C32H38N2O6S/c1-3-4-17-30(32(37)40-19-24-11-6-5-7-12-24)33-31(36)27(21-41-22-28(34-38)20-39-23(2)35)18-26-15-10-14-25-13-8-9-16-29(25)26/h5-16,27,30,38H,3-4,17-22H2,1-2H3,(H,33,36)/b34-28+/t27-,30+/m1/s1. The predicted octanol–water partition coefficient (Wildman–Crippen LogP) is 5.54. The number of ether oxygens (including phenoxy) is 2. The van der Waals surface area contributed by atoms with Gasteiger partial charge in [0, 0.05) is 18.4 Å². The van der Waals surface area contributed by atoms with Gasteiger partial charge < -0.3 is 20.0 Å². The van der Waals surface area contributed by atoms with Crippen molar-refractivity contribution in [1.29, 1.82) is 0 Å². The molecule has 41 heavy (non-hydrogen) atoms. The van der Waals surface area contributed by atoms with Crippen LogP contribution in [0.2, 0.25) is 0 Å². The van der Waals surface area contributed by atoms with Crippen LogP contribution in [-0.4, -0.2) is 52.9 Å². The van der Waals surface area contributed by atoms with Crippen LogP contribution in [0.3, 0.4) is 0 Å². The minimum Gasteiger partial charge on any atom is -0.460 e. The number of oxime groups is 1. The maximum atomic E-state index is 13.7. The van der Waals surface area contributed by atoms with Gasteiger partial charge in [-0.15, -0.1) is 0 Å². The highest BCUT2D eigenvalue weighted by atomic mass is 32.2. The first kappa shape index (κ1) is 31.7. The molecule has 0 aliphatic heterocycles. The van der Waals surface area contributed by atoms with Crippen molar-refractivity contribution in [2.24, 2.45) is 11.1 Å². The van der Waals surface area contributed by atoms with E-state index in [1.54, 1.807) is 0 Å². The molecule has 218 valence electrons. The number of nitrogens with zero attached hydrogens (tertiary/aromatic N) is 1. The van der Waals surface area contributed by atoms with E-state index in [-0.39, 0.29) is 24.9 Å². The average Bonchev–Trinajstić information content (AvgIpc) is 2.99. The van der Waals surface area contributed by atoms with E-state index < -0.39 is 23.9 Å². The molecule has 0 unspecified atom stereocenters. The topological polar surface area (TPSA) is 114 Å². The van der Waals surface area contributed by atoms with E-state index in [0.29, 0.717) is 24.3 Å². The molecule has 3 rings (SSSR count). The zero-order valence-corrected chi connectivity index (χ0v) is 24.4. The van der Waals surface area contributed by atoms with Crippen molar-refractivity contribution in [2.45, 2.75) is 52.2 Å². The highest BCUT2D eigenvalue weighted by molar-refractivity contribution is 8.00. The molecule has 9 heteroatoms. The summed E-state index contributed by atoms with van der Waals surface area (Å²) in [7, 11) is 0. The molecule has 0 fully saturated rings. The smallest absolute Gasteiger partial charge is 0.328 e. The molecule has 0 heterocycles. The fourth-order valence-corrected chi connectivity index (χ4v) is 5.39. The Morgan fingerprint density at radius 2 is 1.71 bits per heavy atom. The molecule has 0 aromatic heterocycles. The van der Waals surface area contributed by atoms with Crippen molar-refractivity contribution in [1.82, 2.24) is 5.32 Å². The number of carbonyl (C=O) groups excluding carboxylic acids is 3. The number of esters is 2. The number of unbranched alkanes of at least 4 members (excludes halogenated alkanes) is 1. The highest BCUT2D eigenvalue weighted by Gasteiger charge is 2.27. The Labute approximate surface area is 245 Å². The summed E-state index contributed by atoms with van der Waals surface area (Å²) in [6.07, 6.45) is 2.57. The van der Waals surface area contributed by atoms with E-state index >= 15 is 0 Å². The largest absolute Gasteiger partial charge is 0.460 e. The number of fused-ring (bicyclic) bond motifs is 1. The molecule has 2 N–H and O–H groups in total. The number of hydrogen-bond donors (Lipinski definition) is 2. The highest BCUT2D eigenvalue weighted by Crippen LogP contribution is 2.24.